The predicted octanol–water partition coefficient (Wildman–Crippen LogP) is 3.67. The Morgan fingerprint density at radius 3 is 2.86 bits per heavy atom. The maximum absolute atomic E-state index is 13.2. The normalized spacial score (nSPS) is 16.5. The Balaban J connectivity index is 1.67. The fourth-order valence-corrected chi connectivity index (χ4v) is 4.60. The van der Waals surface area contributed by atoms with Gasteiger partial charge in [-0.05, 0) is 58.0 Å². The second-order valence-electron chi connectivity index (χ2n) is 9.39. The summed E-state index contributed by atoms with van der Waals surface area (Å²) in [6.45, 7) is 4.02. The molecule has 9 heteroatoms. The van der Waals surface area contributed by atoms with Gasteiger partial charge in [0.2, 0.25) is 17.7 Å². The third-order valence-corrected chi connectivity index (χ3v) is 6.40. The smallest absolute Gasteiger partial charge is 0.258 e. The topological polar surface area (TPSA) is 92.6 Å². The number of hydrogen-bond acceptors (Lipinski definition) is 6. The van der Waals surface area contributed by atoms with Crippen LogP contribution in [0.25, 0.3) is 11.0 Å². The van der Waals surface area contributed by atoms with Gasteiger partial charge in [0.1, 0.15) is 0 Å². The van der Waals surface area contributed by atoms with Crippen LogP contribution in [-0.4, -0.2) is 77.0 Å². The Labute approximate surface area is 211 Å². The van der Waals surface area contributed by atoms with E-state index < -0.39 is 0 Å². The van der Waals surface area contributed by atoms with Gasteiger partial charge in [-0.3, -0.25) is 14.9 Å². The number of aryl methyl sites for hydroxylation is 1. The minimum atomic E-state index is -0.293. The Bertz CT molecular complexity index is 1270. The number of nitrogens with zero attached hydrogens (tertiary/aromatic N) is 5. The fraction of sp³-hybridized carbons (Fsp3) is 0.407. The summed E-state index contributed by atoms with van der Waals surface area (Å²) in [5.74, 6) is 0.562. The zero-order valence-corrected chi connectivity index (χ0v) is 21.4. The van der Waals surface area contributed by atoms with Crippen LogP contribution in [-0.2, 0) is 4.79 Å². The summed E-state index contributed by atoms with van der Waals surface area (Å²) in [7, 11) is 5.46. The van der Waals surface area contributed by atoms with E-state index in [9.17, 15) is 9.59 Å². The zero-order valence-electron chi connectivity index (χ0n) is 21.4. The largest absolute Gasteiger partial charge is 0.481 e. The molecule has 2 amide bonds. The Morgan fingerprint density at radius 1 is 1.25 bits per heavy atom. The lowest BCUT2D eigenvalue weighted by Gasteiger charge is -2.26. The van der Waals surface area contributed by atoms with Crippen LogP contribution in [0.15, 0.2) is 48.7 Å². The van der Waals surface area contributed by atoms with Crippen LogP contribution in [0.1, 0.15) is 41.2 Å². The number of fused-ring (bicyclic) bond motifs is 1. The first-order valence-electron chi connectivity index (χ1n) is 12.3. The molecule has 9 nitrogen and oxygen atoms in total. The molecule has 4 rings (SSSR count). The molecule has 1 fully saturated rings. The average Bonchev–Trinajstić information content (AvgIpc) is 3.05. The molecule has 0 aliphatic carbocycles. The van der Waals surface area contributed by atoms with Crippen molar-refractivity contribution in [3.05, 3.63) is 59.8 Å². The quantitative estimate of drug-likeness (QED) is 0.508. The van der Waals surface area contributed by atoms with Gasteiger partial charge >= 0.3 is 0 Å². The third-order valence-electron chi connectivity index (χ3n) is 6.40. The molecule has 1 atom stereocenters. The lowest BCUT2D eigenvalue weighted by Crippen LogP contribution is -2.35. The van der Waals surface area contributed by atoms with Crippen LogP contribution in [0, 0.1) is 6.92 Å². The molecule has 0 saturated carbocycles. The van der Waals surface area contributed by atoms with Gasteiger partial charge in [0.05, 0.1) is 24.2 Å². The number of carbonyl (C=O) groups is 2. The first kappa shape index (κ1) is 25.4. The molecule has 0 bridgehead atoms. The molecule has 1 unspecified atom stereocenters. The Morgan fingerprint density at radius 2 is 2.08 bits per heavy atom. The van der Waals surface area contributed by atoms with Gasteiger partial charge in [0, 0.05) is 43.5 Å². The van der Waals surface area contributed by atoms with E-state index in [1.807, 2.05) is 55.1 Å². The van der Waals surface area contributed by atoms with Crippen LogP contribution in [0.2, 0.25) is 0 Å². The van der Waals surface area contributed by atoms with E-state index in [-0.39, 0.29) is 17.9 Å². The van der Waals surface area contributed by atoms with Crippen molar-refractivity contribution in [2.75, 3.05) is 46.2 Å². The van der Waals surface area contributed by atoms with E-state index >= 15 is 0 Å². The van der Waals surface area contributed by atoms with Crippen molar-refractivity contribution in [3.8, 4) is 5.88 Å². The van der Waals surface area contributed by atoms with Crippen molar-refractivity contribution in [2.45, 2.75) is 32.2 Å². The monoisotopic (exact) mass is 490 g/mol. The summed E-state index contributed by atoms with van der Waals surface area (Å²) in [6, 6.07) is 9.18. The highest BCUT2D eigenvalue weighted by molar-refractivity contribution is 6.04. The maximum Gasteiger partial charge on any atom is 0.258 e. The molecule has 1 aromatic carbocycles. The van der Waals surface area contributed by atoms with Crippen molar-refractivity contribution in [2.24, 2.45) is 0 Å². The van der Waals surface area contributed by atoms with Gasteiger partial charge in [0.15, 0.2) is 0 Å². The molecule has 0 spiro atoms. The van der Waals surface area contributed by atoms with Crippen molar-refractivity contribution in [1.29, 1.82) is 0 Å². The molecule has 190 valence electrons. The Hall–Kier alpha value is -3.72. The highest BCUT2D eigenvalue weighted by atomic mass is 16.5. The number of nitrogens with one attached hydrogen (secondary N) is 1. The maximum atomic E-state index is 13.2. The second-order valence-corrected chi connectivity index (χ2v) is 9.39. The van der Waals surface area contributed by atoms with E-state index in [0.29, 0.717) is 37.0 Å². The van der Waals surface area contributed by atoms with Crippen molar-refractivity contribution < 1.29 is 14.3 Å². The van der Waals surface area contributed by atoms with Gasteiger partial charge in [-0.25, -0.2) is 9.97 Å². The fourth-order valence-electron chi connectivity index (χ4n) is 4.60. The summed E-state index contributed by atoms with van der Waals surface area (Å²) < 4.78 is 7.28. The van der Waals surface area contributed by atoms with E-state index in [0.717, 1.165) is 35.9 Å². The number of rotatable bonds is 7. The molecule has 36 heavy (non-hydrogen) atoms. The number of ether oxygens (including phenoxy) is 1. The summed E-state index contributed by atoms with van der Waals surface area (Å²) in [4.78, 5) is 39.0. The summed E-state index contributed by atoms with van der Waals surface area (Å²) >= 11 is 0. The van der Waals surface area contributed by atoms with Gasteiger partial charge in [-0.15, -0.1) is 0 Å². The van der Waals surface area contributed by atoms with E-state index in [1.54, 1.807) is 24.4 Å². The summed E-state index contributed by atoms with van der Waals surface area (Å²) in [6.07, 6.45) is 7.91. The number of carbonyl (C=O) groups excluding carboxylic acids is 2. The Kier molecular flexibility index (Phi) is 8.00. The summed E-state index contributed by atoms with van der Waals surface area (Å²) in [5, 5.41) is 3.01. The number of likely N-dealkylation sites (N-methyl/N-ethyl adjacent to an activating group) is 1. The molecule has 1 aliphatic heterocycles. The zero-order chi connectivity index (χ0) is 25.7. The standard InChI is InChI=1S/C27H34N6O3/c1-19-9-7-11-22-25(19)33(27(29-22)30-26(35)20-13-14-28-23(17-20)36-4)21-10-5-6-16-32(18-21)24(34)12-8-15-31(2)3/h7-9,11-14,17,21H,5-6,10,15-16,18H2,1-4H3,(H,29,30,35). The number of anilines is 1. The molecular formula is C27H34N6O3. The van der Waals surface area contributed by atoms with Crippen LogP contribution in [0.4, 0.5) is 5.95 Å². The number of likely N-dealkylation sites (tertiary alicyclic amines) is 1. The van der Waals surface area contributed by atoms with Crippen molar-refractivity contribution in [1.82, 2.24) is 24.3 Å². The second kappa shape index (κ2) is 11.3. The van der Waals surface area contributed by atoms with Gasteiger partial charge < -0.3 is 19.1 Å². The molecular weight excluding hydrogens is 456 g/mol. The molecule has 2 aromatic heterocycles. The number of hydrogen-bond donors (Lipinski definition) is 1. The van der Waals surface area contributed by atoms with Crippen LogP contribution in [0.5, 0.6) is 5.88 Å². The molecule has 0 radical (unpaired) electrons. The van der Waals surface area contributed by atoms with Gasteiger partial charge in [-0.1, -0.05) is 18.2 Å². The first-order valence-corrected chi connectivity index (χ1v) is 12.3. The van der Waals surface area contributed by atoms with Crippen LogP contribution < -0.4 is 10.1 Å². The summed E-state index contributed by atoms with van der Waals surface area (Å²) in [5.41, 5.74) is 3.29. The van der Waals surface area contributed by atoms with Crippen molar-refractivity contribution in [3.63, 3.8) is 0 Å². The van der Waals surface area contributed by atoms with Crippen LogP contribution >= 0.6 is 0 Å². The van der Waals surface area contributed by atoms with E-state index in [2.05, 4.69) is 14.9 Å². The van der Waals surface area contributed by atoms with Gasteiger partial charge in [-0.2, -0.15) is 0 Å². The van der Waals surface area contributed by atoms with E-state index in [4.69, 9.17) is 9.72 Å². The third kappa shape index (κ3) is 5.73. The number of imidazole rings is 1. The minimum Gasteiger partial charge on any atom is -0.481 e. The molecule has 1 N–H and O–H groups in total. The number of pyridine rings is 1. The van der Waals surface area contributed by atoms with Gasteiger partial charge in [0.25, 0.3) is 5.91 Å². The lowest BCUT2D eigenvalue weighted by atomic mass is 10.1. The molecule has 3 heterocycles. The highest BCUT2D eigenvalue weighted by Gasteiger charge is 2.27. The van der Waals surface area contributed by atoms with E-state index in [1.165, 1.54) is 7.11 Å². The lowest BCUT2D eigenvalue weighted by molar-refractivity contribution is -0.126. The number of aromatic nitrogens is 3. The number of para-hydroxylation sites is 1. The number of amides is 2. The molecule has 1 saturated heterocycles. The SMILES string of the molecule is COc1cc(C(=O)Nc2nc3cccc(C)c3n2C2CCCCN(C(=O)C=CCN(C)C)C2)ccn1. The van der Waals surface area contributed by atoms with Crippen molar-refractivity contribution >= 4 is 28.8 Å². The number of benzene rings is 1. The molecule has 3 aromatic rings. The predicted molar refractivity (Wildman–Crippen MR) is 140 cm³/mol. The number of methoxy groups -OCH3 is 1. The molecule has 1 aliphatic rings. The highest BCUT2D eigenvalue weighted by Crippen LogP contribution is 2.32. The van der Waals surface area contributed by atoms with Crippen LogP contribution in [0.3, 0.4) is 0 Å². The first-order chi connectivity index (χ1) is 17.4. The minimum absolute atomic E-state index is 0.0133. The average molecular weight is 491 g/mol.